The normalized spacial score (nSPS) is 20.0. The Morgan fingerprint density at radius 2 is 2.04 bits per heavy atom. The van der Waals surface area contributed by atoms with Gasteiger partial charge in [-0.05, 0) is 37.5 Å². The zero-order valence-corrected chi connectivity index (χ0v) is 15.4. The first-order chi connectivity index (χ1) is 12.4. The molecule has 2 N–H and O–H groups in total. The summed E-state index contributed by atoms with van der Waals surface area (Å²) in [6, 6.07) is 14.0. The third-order valence-electron chi connectivity index (χ3n) is 4.74. The van der Waals surface area contributed by atoms with Gasteiger partial charge in [0, 0.05) is 18.7 Å². The molecule has 0 spiro atoms. The van der Waals surface area contributed by atoms with Crippen LogP contribution >= 0.6 is 0 Å². The second-order valence-electron chi connectivity index (χ2n) is 6.86. The van der Waals surface area contributed by atoms with Crippen LogP contribution in [0.15, 0.2) is 47.5 Å². The lowest BCUT2D eigenvalue weighted by molar-refractivity contribution is -0.128. The summed E-state index contributed by atoms with van der Waals surface area (Å²) in [4.78, 5) is 22.5. The zero-order valence-electron chi connectivity index (χ0n) is 15.4. The minimum absolute atomic E-state index is 0.00864. The highest BCUT2D eigenvalue weighted by molar-refractivity contribution is 5.98. The number of benzene rings is 1. The Balaban J connectivity index is 1.76. The molecule has 1 amide bonds. The fraction of sp³-hybridized carbons (Fsp3) is 0.350. The van der Waals surface area contributed by atoms with Crippen molar-refractivity contribution in [2.45, 2.75) is 31.7 Å². The number of hydrogen-bond acceptors (Lipinski definition) is 5. The molecule has 1 unspecified atom stereocenters. The lowest BCUT2D eigenvalue weighted by Gasteiger charge is -2.33. The maximum atomic E-state index is 12.1. The number of pyridine rings is 1. The Bertz CT molecular complexity index is 849. The Morgan fingerprint density at radius 3 is 2.77 bits per heavy atom. The first-order valence-electron chi connectivity index (χ1n) is 8.62. The number of rotatable bonds is 5. The van der Waals surface area contributed by atoms with Gasteiger partial charge in [-0.2, -0.15) is 0 Å². The number of methoxy groups -OCH3 is 1. The summed E-state index contributed by atoms with van der Waals surface area (Å²) in [7, 11) is 3.27. The van der Waals surface area contributed by atoms with Gasteiger partial charge in [-0.1, -0.05) is 24.3 Å². The van der Waals surface area contributed by atoms with Gasteiger partial charge in [0.15, 0.2) is 5.96 Å². The monoisotopic (exact) mass is 352 g/mol. The quantitative estimate of drug-likeness (QED) is 0.897. The molecule has 0 radical (unpaired) electrons. The van der Waals surface area contributed by atoms with Crippen LogP contribution in [0.25, 0.3) is 11.3 Å². The standard InChI is InChI=1S/C20H24N4O2/c1-20(13-18(25)24(2)19(21)23-20)11-10-14-6-4-7-15(12-14)16-8-5-9-17(22-16)26-3/h4-9,12H,10-11,13H2,1-3H3,(H2,21,23). The van der Waals surface area contributed by atoms with E-state index in [0.29, 0.717) is 12.3 Å². The van der Waals surface area contributed by atoms with E-state index in [1.165, 1.54) is 10.5 Å². The predicted octanol–water partition coefficient (Wildman–Crippen LogP) is 2.63. The molecule has 1 aromatic carbocycles. The molecule has 3 rings (SSSR count). The number of aromatic nitrogens is 1. The summed E-state index contributed by atoms with van der Waals surface area (Å²) in [6.07, 6.45) is 1.94. The molecule has 6 nitrogen and oxygen atoms in total. The van der Waals surface area contributed by atoms with Gasteiger partial charge in [0.05, 0.1) is 24.8 Å². The van der Waals surface area contributed by atoms with Crippen molar-refractivity contribution in [3.8, 4) is 17.1 Å². The Kier molecular flexibility index (Phi) is 4.93. The smallest absolute Gasteiger partial charge is 0.231 e. The number of carbonyl (C=O) groups is 1. The lowest BCUT2D eigenvalue weighted by atomic mass is 9.88. The summed E-state index contributed by atoms with van der Waals surface area (Å²) in [5, 5.41) is 0. The highest BCUT2D eigenvalue weighted by Gasteiger charge is 2.34. The molecule has 2 aromatic rings. The first-order valence-corrected chi connectivity index (χ1v) is 8.62. The molecule has 6 heteroatoms. The van der Waals surface area contributed by atoms with Crippen LogP contribution in [0.2, 0.25) is 0 Å². The molecule has 1 aromatic heterocycles. The molecule has 26 heavy (non-hydrogen) atoms. The van der Waals surface area contributed by atoms with Gasteiger partial charge in [-0.25, -0.2) is 9.98 Å². The van der Waals surface area contributed by atoms with E-state index >= 15 is 0 Å². The van der Waals surface area contributed by atoms with Crippen molar-refractivity contribution >= 4 is 11.9 Å². The van der Waals surface area contributed by atoms with E-state index in [9.17, 15) is 4.79 Å². The van der Waals surface area contributed by atoms with Gasteiger partial charge in [0.25, 0.3) is 0 Å². The summed E-state index contributed by atoms with van der Waals surface area (Å²) >= 11 is 0. The van der Waals surface area contributed by atoms with Crippen molar-refractivity contribution in [1.82, 2.24) is 9.88 Å². The van der Waals surface area contributed by atoms with E-state index < -0.39 is 5.54 Å². The molecule has 0 fully saturated rings. The molecule has 2 heterocycles. The van der Waals surface area contributed by atoms with Gasteiger partial charge in [0.2, 0.25) is 11.8 Å². The molecular weight excluding hydrogens is 328 g/mol. The molecule has 1 aliphatic heterocycles. The van der Waals surface area contributed by atoms with E-state index in [1.54, 1.807) is 14.2 Å². The number of amides is 1. The van der Waals surface area contributed by atoms with Crippen molar-refractivity contribution in [3.05, 3.63) is 48.0 Å². The highest BCUT2D eigenvalue weighted by atomic mass is 16.5. The number of hydrogen-bond donors (Lipinski definition) is 1. The minimum Gasteiger partial charge on any atom is -0.481 e. The Labute approximate surface area is 153 Å². The second kappa shape index (κ2) is 7.15. The molecule has 136 valence electrons. The van der Waals surface area contributed by atoms with Crippen LogP contribution in [0.5, 0.6) is 5.88 Å². The molecule has 1 atom stereocenters. The van der Waals surface area contributed by atoms with Crippen LogP contribution < -0.4 is 10.5 Å². The topological polar surface area (TPSA) is 80.8 Å². The van der Waals surface area contributed by atoms with Gasteiger partial charge in [-0.15, -0.1) is 0 Å². The SMILES string of the molecule is COc1cccc(-c2cccc(CCC3(C)CC(=O)N(C)C(N)=N3)c2)n1. The van der Waals surface area contributed by atoms with E-state index in [-0.39, 0.29) is 11.9 Å². The lowest BCUT2D eigenvalue weighted by Crippen LogP contribution is -2.48. The van der Waals surface area contributed by atoms with Crippen molar-refractivity contribution in [1.29, 1.82) is 0 Å². The van der Waals surface area contributed by atoms with E-state index in [1.807, 2.05) is 37.3 Å². The third-order valence-corrected chi connectivity index (χ3v) is 4.74. The van der Waals surface area contributed by atoms with Gasteiger partial charge in [-0.3, -0.25) is 9.69 Å². The number of nitrogens with two attached hydrogens (primary N) is 1. The fourth-order valence-corrected chi connectivity index (χ4v) is 3.10. The number of ether oxygens (including phenoxy) is 1. The van der Waals surface area contributed by atoms with Gasteiger partial charge in [0.1, 0.15) is 0 Å². The van der Waals surface area contributed by atoms with Crippen LogP contribution in [0.1, 0.15) is 25.3 Å². The number of nitrogens with zero attached hydrogens (tertiary/aromatic N) is 3. The minimum atomic E-state index is -0.460. The summed E-state index contributed by atoms with van der Waals surface area (Å²) in [5.74, 6) is 0.891. The number of guanidine groups is 1. The average molecular weight is 352 g/mol. The van der Waals surface area contributed by atoms with Crippen LogP contribution in [0.4, 0.5) is 0 Å². The van der Waals surface area contributed by atoms with Crippen molar-refractivity contribution in [2.24, 2.45) is 10.7 Å². The molecule has 0 saturated carbocycles. The average Bonchev–Trinajstić information content (AvgIpc) is 2.65. The predicted molar refractivity (Wildman–Crippen MR) is 102 cm³/mol. The van der Waals surface area contributed by atoms with Crippen LogP contribution in [0, 0.1) is 0 Å². The largest absolute Gasteiger partial charge is 0.481 e. The van der Waals surface area contributed by atoms with Gasteiger partial charge < -0.3 is 10.5 Å². The molecule has 0 aliphatic carbocycles. The van der Waals surface area contributed by atoms with E-state index in [2.05, 4.69) is 22.1 Å². The molecule has 0 saturated heterocycles. The van der Waals surface area contributed by atoms with Gasteiger partial charge >= 0.3 is 0 Å². The maximum Gasteiger partial charge on any atom is 0.231 e. The van der Waals surface area contributed by atoms with Crippen LogP contribution in [-0.4, -0.2) is 41.4 Å². The van der Waals surface area contributed by atoms with Crippen molar-refractivity contribution in [3.63, 3.8) is 0 Å². The molecule has 1 aliphatic rings. The summed E-state index contributed by atoms with van der Waals surface area (Å²) in [6.45, 7) is 1.98. The van der Waals surface area contributed by atoms with Crippen molar-refractivity contribution in [2.75, 3.05) is 14.2 Å². The number of aryl methyl sites for hydroxylation is 1. The number of carbonyl (C=O) groups excluding carboxylic acids is 1. The maximum absolute atomic E-state index is 12.1. The summed E-state index contributed by atoms with van der Waals surface area (Å²) < 4.78 is 5.20. The highest BCUT2D eigenvalue weighted by Crippen LogP contribution is 2.28. The first kappa shape index (κ1) is 17.9. The Morgan fingerprint density at radius 1 is 1.27 bits per heavy atom. The van der Waals surface area contributed by atoms with Crippen LogP contribution in [-0.2, 0) is 11.2 Å². The summed E-state index contributed by atoms with van der Waals surface area (Å²) in [5.41, 5.74) is 8.50. The number of aliphatic imine (C=N–C) groups is 1. The Hall–Kier alpha value is -2.89. The van der Waals surface area contributed by atoms with Crippen LogP contribution in [0.3, 0.4) is 0 Å². The zero-order chi connectivity index (χ0) is 18.7. The molecule has 0 bridgehead atoms. The van der Waals surface area contributed by atoms with Crippen molar-refractivity contribution < 1.29 is 9.53 Å². The molecular formula is C20H24N4O2. The van der Waals surface area contributed by atoms with E-state index in [0.717, 1.165) is 24.1 Å². The fourth-order valence-electron chi connectivity index (χ4n) is 3.10. The van der Waals surface area contributed by atoms with E-state index in [4.69, 9.17) is 10.5 Å². The third kappa shape index (κ3) is 3.85. The second-order valence-corrected chi connectivity index (χ2v) is 6.86.